The molecule has 1 saturated heterocycles. The fourth-order valence-corrected chi connectivity index (χ4v) is 5.09. The van der Waals surface area contributed by atoms with Gasteiger partial charge in [0.05, 0.1) is 18.7 Å². The highest BCUT2D eigenvalue weighted by atomic mass is 35.5. The van der Waals surface area contributed by atoms with Crippen LogP contribution >= 0.6 is 23.2 Å². The maximum Gasteiger partial charge on any atom is 0.226 e. The zero-order valence-electron chi connectivity index (χ0n) is 18.3. The van der Waals surface area contributed by atoms with Gasteiger partial charge in [-0.2, -0.15) is 0 Å². The molecule has 0 spiro atoms. The molecule has 1 amide bonds. The van der Waals surface area contributed by atoms with Crippen LogP contribution in [0.15, 0.2) is 48.5 Å². The summed E-state index contributed by atoms with van der Waals surface area (Å²) in [5, 5.41) is 1.42. The maximum absolute atomic E-state index is 13.5. The van der Waals surface area contributed by atoms with Crippen molar-refractivity contribution in [3.63, 3.8) is 0 Å². The van der Waals surface area contributed by atoms with Gasteiger partial charge in [-0.1, -0.05) is 61.3 Å². The molecule has 0 N–H and O–H groups in total. The first-order valence-corrected chi connectivity index (χ1v) is 12.1. The summed E-state index contributed by atoms with van der Waals surface area (Å²) < 4.78 is 6.07. The van der Waals surface area contributed by atoms with E-state index in [2.05, 4.69) is 30.0 Å². The third-order valence-corrected chi connectivity index (χ3v) is 7.17. The van der Waals surface area contributed by atoms with Crippen LogP contribution in [0.25, 0.3) is 0 Å². The van der Waals surface area contributed by atoms with Crippen molar-refractivity contribution < 1.29 is 9.53 Å². The van der Waals surface area contributed by atoms with Crippen molar-refractivity contribution in [2.75, 3.05) is 13.2 Å². The highest BCUT2D eigenvalue weighted by Gasteiger charge is 2.44. The first kappa shape index (κ1) is 22.6. The Kier molecular flexibility index (Phi) is 7.26. The molecule has 1 heterocycles. The van der Waals surface area contributed by atoms with Gasteiger partial charge < -0.3 is 9.64 Å². The maximum atomic E-state index is 13.5. The lowest BCUT2D eigenvalue weighted by atomic mass is 9.75. The molecule has 2 unspecified atom stereocenters. The van der Waals surface area contributed by atoms with Crippen LogP contribution in [0.3, 0.4) is 0 Å². The van der Waals surface area contributed by atoms with Gasteiger partial charge in [0, 0.05) is 28.5 Å². The van der Waals surface area contributed by atoms with E-state index in [1.807, 2.05) is 37.3 Å². The van der Waals surface area contributed by atoms with Crippen molar-refractivity contribution in [1.29, 1.82) is 0 Å². The van der Waals surface area contributed by atoms with Crippen molar-refractivity contribution >= 4 is 29.1 Å². The Hall–Kier alpha value is -1.55. The molecule has 0 radical (unpaired) electrons. The molecule has 4 atom stereocenters. The molecule has 0 bridgehead atoms. The van der Waals surface area contributed by atoms with Crippen molar-refractivity contribution in [1.82, 2.24) is 4.90 Å². The van der Waals surface area contributed by atoms with Crippen molar-refractivity contribution in [3.8, 4) is 0 Å². The number of carbonyl (C=O) groups excluding carboxylic acids is 1. The Morgan fingerprint density at radius 1 is 1.06 bits per heavy atom. The van der Waals surface area contributed by atoms with Crippen LogP contribution in [0.4, 0.5) is 0 Å². The van der Waals surface area contributed by atoms with Crippen molar-refractivity contribution in [3.05, 3.63) is 69.7 Å². The molecule has 1 aliphatic heterocycles. The molecular weight excluding hydrogens is 429 g/mol. The zero-order chi connectivity index (χ0) is 22.0. The van der Waals surface area contributed by atoms with E-state index in [-0.39, 0.29) is 29.8 Å². The van der Waals surface area contributed by atoms with Gasteiger partial charge in [0.15, 0.2) is 0 Å². The second kappa shape index (κ2) is 9.94. The lowest BCUT2D eigenvalue weighted by Crippen LogP contribution is -2.52. The monoisotopic (exact) mass is 459 g/mol. The van der Waals surface area contributed by atoms with Gasteiger partial charge in [0.2, 0.25) is 5.91 Å². The average Bonchev–Trinajstić information content (AvgIpc) is 3.58. The summed E-state index contributed by atoms with van der Waals surface area (Å²) in [6, 6.07) is 16.0. The number of hydrogen-bond acceptors (Lipinski definition) is 2. The third-order valence-electron chi connectivity index (χ3n) is 6.68. The normalized spacial score (nSPS) is 25.0. The van der Waals surface area contributed by atoms with Gasteiger partial charge in [-0.15, -0.1) is 0 Å². The van der Waals surface area contributed by atoms with Gasteiger partial charge in [-0.25, -0.2) is 0 Å². The highest BCUT2D eigenvalue weighted by Crippen LogP contribution is 2.46. The summed E-state index contributed by atoms with van der Waals surface area (Å²) in [6.45, 7) is 5.57. The van der Waals surface area contributed by atoms with Crippen LogP contribution in [0.2, 0.25) is 10.0 Å². The Bertz CT molecular complexity index is 897. The first-order valence-electron chi connectivity index (χ1n) is 11.4. The average molecular weight is 460 g/mol. The fourth-order valence-electron chi connectivity index (χ4n) is 4.76. The summed E-state index contributed by atoms with van der Waals surface area (Å²) in [6.07, 6.45) is 4.18. The lowest BCUT2D eigenvalue weighted by molar-refractivity contribution is -0.148. The summed E-state index contributed by atoms with van der Waals surface area (Å²) in [5.74, 6) is 1.02. The third kappa shape index (κ3) is 5.27. The molecule has 2 aromatic rings. The SMILES string of the molecule is CC[C@@H](COCC1CC1)N1C(=O)C(C)C[C@H](c2cccc(Cl)c2)C1c1ccc(Cl)cc1. The standard InChI is InChI=1S/C26H31Cl2NO2/c1-3-23(16-31-15-18-7-8-18)29-25(19-9-11-21(27)12-10-19)24(13-17(2)26(29)30)20-5-4-6-22(28)14-20/h4-6,9-12,14,17-18,23-25H,3,7-8,13,15-16H2,1-2H3/t17?,23-,24+,25?/m0/s1. The van der Waals surface area contributed by atoms with Gasteiger partial charge in [-0.3, -0.25) is 4.79 Å². The van der Waals surface area contributed by atoms with E-state index in [9.17, 15) is 4.79 Å². The van der Waals surface area contributed by atoms with Crippen LogP contribution in [-0.2, 0) is 9.53 Å². The molecule has 0 aromatic heterocycles. The number of piperidine rings is 1. The van der Waals surface area contributed by atoms with E-state index >= 15 is 0 Å². The number of carbonyl (C=O) groups is 1. The predicted octanol–water partition coefficient (Wildman–Crippen LogP) is 6.89. The number of ether oxygens (including phenoxy) is 1. The highest BCUT2D eigenvalue weighted by molar-refractivity contribution is 6.30. The second-order valence-corrected chi connectivity index (χ2v) is 9.96. The van der Waals surface area contributed by atoms with Crippen molar-refractivity contribution in [2.45, 2.75) is 57.5 Å². The largest absolute Gasteiger partial charge is 0.379 e. The quantitative estimate of drug-likeness (QED) is 0.429. The van der Waals surface area contributed by atoms with Crippen LogP contribution in [0.5, 0.6) is 0 Å². The Morgan fingerprint density at radius 2 is 1.81 bits per heavy atom. The molecule has 3 nitrogen and oxygen atoms in total. The van der Waals surface area contributed by atoms with E-state index < -0.39 is 0 Å². The molecule has 2 aromatic carbocycles. The van der Waals surface area contributed by atoms with Gasteiger partial charge in [0.1, 0.15) is 0 Å². The summed E-state index contributed by atoms with van der Waals surface area (Å²) in [4.78, 5) is 15.7. The number of amides is 1. The minimum atomic E-state index is -0.0751. The molecular formula is C26H31Cl2NO2. The van der Waals surface area contributed by atoms with Gasteiger partial charge in [0.25, 0.3) is 0 Å². The number of rotatable bonds is 8. The Labute approximate surface area is 195 Å². The molecule has 1 saturated carbocycles. The van der Waals surface area contributed by atoms with Crippen LogP contribution < -0.4 is 0 Å². The van der Waals surface area contributed by atoms with E-state index in [0.29, 0.717) is 17.5 Å². The van der Waals surface area contributed by atoms with E-state index in [1.54, 1.807) is 0 Å². The number of benzene rings is 2. The van der Waals surface area contributed by atoms with Crippen LogP contribution in [-0.4, -0.2) is 30.1 Å². The number of halogens is 2. The lowest BCUT2D eigenvalue weighted by Gasteiger charge is -2.48. The zero-order valence-corrected chi connectivity index (χ0v) is 19.8. The summed E-state index contributed by atoms with van der Waals surface area (Å²) >= 11 is 12.5. The van der Waals surface area contributed by atoms with Gasteiger partial charge >= 0.3 is 0 Å². The van der Waals surface area contributed by atoms with Crippen LogP contribution in [0, 0.1) is 11.8 Å². The molecule has 5 heteroatoms. The number of nitrogens with zero attached hydrogens (tertiary/aromatic N) is 1. The molecule has 166 valence electrons. The Balaban J connectivity index is 1.71. The topological polar surface area (TPSA) is 29.5 Å². The Morgan fingerprint density at radius 3 is 2.45 bits per heavy atom. The second-order valence-electron chi connectivity index (χ2n) is 9.08. The first-order chi connectivity index (χ1) is 15.0. The smallest absolute Gasteiger partial charge is 0.226 e. The minimum absolute atomic E-state index is 0.0383. The van der Waals surface area contributed by atoms with E-state index in [4.69, 9.17) is 27.9 Å². The van der Waals surface area contributed by atoms with Gasteiger partial charge in [-0.05, 0) is 67.0 Å². The number of hydrogen-bond donors (Lipinski definition) is 0. The molecule has 2 aliphatic rings. The predicted molar refractivity (Wildman–Crippen MR) is 127 cm³/mol. The minimum Gasteiger partial charge on any atom is -0.379 e. The summed E-state index contributed by atoms with van der Waals surface area (Å²) in [5.41, 5.74) is 2.28. The number of likely N-dealkylation sites (tertiary alicyclic amines) is 1. The van der Waals surface area contributed by atoms with Crippen molar-refractivity contribution in [2.24, 2.45) is 11.8 Å². The molecule has 31 heavy (non-hydrogen) atoms. The van der Waals surface area contributed by atoms with Crippen LogP contribution in [0.1, 0.15) is 62.6 Å². The van der Waals surface area contributed by atoms with E-state index in [0.717, 1.165) is 30.0 Å². The summed E-state index contributed by atoms with van der Waals surface area (Å²) in [7, 11) is 0. The van der Waals surface area contributed by atoms with E-state index in [1.165, 1.54) is 18.4 Å². The molecule has 2 fully saturated rings. The fraction of sp³-hybridized carbons (Fsp3) is 0.500. The molecule has 1 aliphatic carbocycles. The molecule has 4 rings (SSSR count).